The van der Waals surface area contributed by atoms with Gasteiger partial charge in [-0.15, -0.1) is 0 Å². The number of carbonyl (C=O) groups excluding carboxylic acids is 2. The number of amides is 1. The first-order chi connectivity index (χ1) is 14.3. The molecule has 0 aliphatic rings. The number of benzene rings is 2. The molecule has 0 aliphatic carbocycles. The molecule has 12 heteroatoms. The average Bonchev–Trinajstić information content (AvgIpc) is 2.66. The van der Waals surface area contributed by atoms with Crippen molar-refractivity contribution in [2.45, 2.75) is 24.9 Å². The zero-order valence-electron chi connectivity index (χ0n) is 15.7. The minimum absolute atomic E-state index is 0.0109. The molecule has 31 heavy (non-hydrogen) atoms. The molecule has 1 atom stereocenters. The van der Waals surface area contributed by atoms with Gasteiger partial charge < -0.3 is 15.4 Å². The van der Waals surface area contributed by atoms with E-state index in [0.29, 0.717) is 12.1 Å². The van der Waals surface area contributed by atoms with Crippen LogP contribution in [-0.4, -0.2) is 30.3 Å². The number of carbonyl (C=O) groups is 2. The number of nitrogens with one attached hydrogen (secondary N) is 2. The maximum Gasteiger partial charge on any atom is 0.441 e. The zero-order chi connectivity index (χ0) is 23.4. The minimum atomic E-state index is -5.60. The molecule has 2 N–H and O–H groups in total. The summed E-state index contributed by atoms with van der Waals surface area (Å²) >= 11 is 5.73. The molecule has 0 aliphatic heterocycles. The van der Waals surface area contributed by atoms with Crippen molar-refractivity contribution >= 4 is 29.2 Å². The van der Waals surface area contributed by atoms with E-state index in [9.17, 15) is 35.9 Å². The molecule has 0 aromatic heterocycles. The molecule has 0 saturated heterocycles. The molecule has 5 nitrogen and oxygen atoms in total. The van der Waals surface area contributed by atoms with E-state index < -0.39 is 47.7 Å². The van der Waals surface area contributed by atoms with Gasteiger partial charge in [-0.25, -0.2) is 4.79 Å². The Kier molecular flexibility index (Phi) is 7.10. The summed E-state index contributed by atoms with van der Waals surface area (Å²) in [6.45, 7) is 0.660. The highest BCUT2D eigenvalue weighted by Crippen LogP contribution is 2.39. The summed E-state index contributed by atoms with van der Waals surface area (Å²) in [5.41, 5.74) is -6.96. The third kappa shape index (κ3) is 5.40. The average molecular weight is 469 g/mol. The van der Waals surface area contributed by atoms with Gasteiger partial charge in [-0.05, 0) is 37.3 Å². The summed E-state index contributed by atoms with van der Waals surface area (Å²) in [5, 5.41) is 2.98. The standard InChI is InChI=1S/C19H15ClF6N2O3/c1-2-31-16(30)17(19(24,25)26,28-15(29)11-6-5-7-12(20)10-11)27-14-9-4-3-8-13(14)18(21,22)23/h3-10,27H,2H2,1H3,(H,28,29). The monoisotopic (exact) mass is 468 g/mol. The highest BCUT2D eigenvalue weighted by molar-refractivity contribution is 6.31. The maximum atomic E-state index is 14.1. The third-order valence-corrected chi connectivity index (χ3v) is 4.18. The van der Waals surface area contributed by atoms with Crippen LogP contribution >= 0.6 is 11.6 Å². The van der Waals surface area contributed by atoms with E-state index in [0.717, 1.165) is 24.3 Å². The Labute approximate surface area is 177 Å². The van der Waals surface area contributed by atoms with E-state index in [1.807, 2.05) is 0 Å². The van der Waals surface area contributed by atoms with Crippen LogP contribution in [0, 0.1) is 0 Å². The van der Waals surface area contributed by atoms with Crippen LogP contribution in [0.25, 0.3) is 0 Å². The van der Waals surface area contributed by atoms with Crippen molar-refractivity contribution < 1.29 is 40.7 Å². The first-order valence-electron chi connectivity index (χ1n) is 8.58. The topological polar surface area (TPSA) is 67.4 Å². The quantitative estimate of drug-likeness (QED) is 0.355. The molecular formula is C19H15ClF6N2O3. The van der Waals surface area contributed by atoms with Crippen LogP contribution in [0.15, 0.2) is 48.5 Å². The number of halogens is 7. The van der Waals surface area contributed by atoms with Crippen molar-refractivity contribution in [2.24, 2.45) is 0 Å². The number of alkyl halides is 6. The van der Waals surface area contributed by atoms with Crippen LogP contribution < -0.4 is 10.6 Å². The Balaban J connectivity index is 2.63. The van der Waals surface area contributed by atoms with E-state index in [1.54, 1.807) is 0 Å². The highest BCUT2D eigenvalue weighted by atomic mass is 35.5. The first kappa shape index (κ1) is 24.3. The summed E-state index contributed by atoms with van der Waals surface area (Å²) in [6, 6.07) is 7.94. The molecule has 1 unspecified atom stereocenters. The Morgan fingerprint density at radius 3 is 2.19 bits per heavy atom. The molecule has 0 fully saturated rings. The van der Waals surface area contributed by atoms with Gasteiger partial charge >= 0.3 is 24.0 Å². The van der Waals surface area contributed by atoms with Crippen LogP contribution in [-0.2, 0) is 15.7 Å². The Hall–Kier alpha value is -2.95. The molecular weight excluding hydrogens is 454 g/mol. The predicted octanol–water partition coefficient (Wildman–Crippen LogP) is 5.02. The van der Waals surface area contributed by atoms with Gasteiger partial charge in [0.1, 0.15) is 0 Å². The molecule has 0 spiro atoms. The smallest absolute Gasteiger partial charge is 0.441 e. The molecule has 168 valence electrons. The second-order valence-electron chi connectivity index (χ2n) is 6.10. The van der Waals surface area contributed by atoms with E-state index >= 15 is 0 Å². The minimum Gasteiger partial charge on any atom is -0.463 e. The first-order valence-corrected chi connectivity index (χ1v) is 8.96. The number of anilines is 1. The number of rotatable bonds is 6. The van der Waals surface area contributed by atoms with Gasteiger partial charge in [0.15, 0.2) is 0 Å². The maximum absolute atomic E-state index is 14.1. The summed E-state index contributed by atoms with van der Waals surface area (Å²) in [6.07, 6.45) is -10.7. The van der Waals surface area contributed by atoms with E-state index in [4.69, 9.17) is 11.6 Å². The molecule has 0 radical (unpaired) electrons. The van der Waals surface area contributed by atoms with Gasteiger partial charge in [0, 0.05) is 16.3 Å². The van der Waals surface area contributed by atoms with Gasteiger partial charge in [0.05, 0.1) is 12.2 Å². The van der Waals surface area contributed by atoms with Gasteiger partial charge in [-0.1, -0.05) is 29.8 Å². The molecule has 0 saturated carbocycles. The van der Waals surface area contributed by atoms with Gasteiger partial charge in [0.2, 0.25) is 0 Å². The molecule has 0 bridgehead atoms. The van der Waals surface area contributed by atoms with E-state index in [2.05, 4.69) is 4.74 Å². The predicted molar refractivity (Wildman–Crippen MR) is 99.4 cm³/mol. The summed E-state index contributed by atoms with van der Waals surface area (Å²) in [5.74, 6) is -3.47. The Morgan fingerprint density at radius 1 is 1.00 bits per heavy atom. The highest BCUT2D eigenvalue weighted by Gasteiger charge is 2.64. The molecule has 2 aromatic carbocycles. The van der Waals surface area contributed by atoms with Crippen LogP contribution in [0.5, 0.6) is 0 Å². The molecule has 2 aromatic rings. The van der Waals surface area contributed by atoms with Crippen molar-refractivity contribution in [1.29, 1.82) is 0 Å². The van der Waals surface area contributed by atoms with Crippen LogP contribution in [0.2, 0.25) is 5.02 Å². The lowest BCUT2D eigenvalue weighted by atomic mass is 10.1. The second-order valence-corrected chi connectivity index (χ2v) is 6.54. The number of hydrogen-bond donors (Lipinski definition) is 2. The van der Waals surface area contributed by atoms with Crippen molar-refractivity contribution in [2.75, 3.05) is 11.9 Å². The number of ether oxygens (including phenoxy) is 1. The Bertz CT molecular complexity index is 964. The van der Waals surface area contributed by atoms with Crippen LogP contribution in [0.4, 0.5) is 32.0 Å². The molecule has 1 amide bonds. The van der Waals surface area contributed by atoms with Crippen LogP contribution in [0.1, 0.15) is 22.8 Å². The normalized spacial score (nSPS) is 13.8. The van der Waals surface area contributed by atoms with Gasteiger partial charge in [-0.3, -0.25) is 4.79 Å². The van der Waals surface area contributed by atoms with E-state index in [1.165, 1.54) is 29.7 Å². The number of para-hydroxylation sites is 1. The summed E-state index contributed by atoms with van der Waals surface area (Å²) in [4.78, 5) is 24.9. The zero-order valence-corrected chi connectivity index (χ0v) is 16.5. The second kappa shape index (κ2) is 9.04. The number of esters is 1. The van der Waals surface area contributed by atoms with Gasteiger partial charge in [-0.2, -0.15) is 26.3 Å². The molecule has 2 rings (SSSR count). The fraction of sp³-hybridized carbons (Fsp3) is 0.263. The van der Waals surface area contributed by atoms with Crippen LogP contribution in [0.3, 0.4) is 0 Å². The fourth-order valence-corrected chi connectivity index (χ4v) is 2.73. The van der Waals surface area contributed by atoms with Crippen molar-refractivity contribution in [1.82, 2.24) is 5.32 Å². The summed E-state index contributed by atoms with van der Waals surface area (Å²) < 4.78 is 86.8. The Morgan fingerprint density at radius 2 is 1.65 bits per heavy atom. The van der Waals surface area contributed by atoms with Crippen molar-refractivity contribution in [3.05, 3.63) is 64.7 Å². The fourth-order valence-electron chi connectivity index (χ4n) is 2.54. The lowest BCUT2D eigenvalue weighted by molar-refractivity contribution is -0.204. The van der Waals surface area contributed by atoms with Gasteiger partial charge in [0.25, 0.3) is 5.91 Å². The SMILES string of the molecule is CCOC(=O)C(NC(=O)c1cccc(Cl)c1)(Nc1ccccc1C(F)(F)F)C(F)(F)F. The lowest BCUT2D eigenvalue weighted by Gasteiger charge is -2.36. The largest absolute Gasteiger partial charge is 0.463 e. The summed E-state index contributed by atoms with van der Waals surface area (Å²) in [7, 11) is 0. The van der Waals surface area contributed by atoms with Crippen molar-refractivity contribution in [3.63, 3.8) is 0 Å². The van der Waals surface area contributed by atoms with Crippen molar-refractivity contribution in [3.8, 4) is 0 Å². The molecule has 0 heterocycles. The van der Waals surface area contributed by atoms with E-state index in [-0.39, 0.29) is 10.6 Å². The lowest BCUT2D eigenvalue weighted by Crippen LogP contribution is -2.69. The number of hydrogen-bond acceptors (Lipinski definition) is 4. The third-order valence-electron chi connectivity index (χ3n) is 3.95.